The van der Waals surface area contributed by atoms with Gasteiger partial charge in [-0.05, 0) is 31.0 Å². The minimum atomic E-state index is -0.325. The van der Waals surface area contributed by atoms with Crippen LogP contribution in [0.1, 0.15) is 20.8 Å². The predicted octanol–water partition coefficient (Wildman–Crippen LogP) is 1.68. The molecule has 19 heavy (non-hydrogen) atoms. The molecule has 0 spiro atoms. The van der Waals surface area contributed by atoms with Crippen LogP contribution >= 0.6 is 0 Å². The molecule has 0 fully saturated rings. The summed E-state index contributed by atoms with van der Waals surface area (Å²) in [6.45, 7) is 8.38. The van der Waals surface area contributed by atoms with Gasteiger partial charge in [-0.25, -0.2) is 8.91 Å². The zero-order chi connectivity index (χ0) is 14.0. The van der Waals surface area contributed by atoms with Crippen LogP contribution < -0.4 is 10.6 Å². The Bertz CT molecular complexity index is 563. The molecule has 104 valence electrons. The molecule has 6 heteroatoms. The molecule has 0 bridgehead atoms. The van der Waals surface area contributed by atoms with Crippen LogP contribution in [0.3, 0.4) is 0 Å². The van der Waals surface area contributed by atoms with Crippen LogP contribution in [-0.2, 0) is 0 Å². The summed E-state index contributed by atoms with van der Waals surface area (Å²) in [5, 5.41) is 4.31. The van der Waals surface area contributed by atoms with Crippen LogP contribution in [0.15, 0.2) is 18.3 Å². The van der Waals surface area contributed by atoms with E-state index in [1.165, 1.54) is 16.8 Å². The van der Waals surface area contributed by atoms with E-state index in [1.54, 1.807) is 6.07 Å². The second-order valence-electron chi connectivity index (χ2n) is 5.44. The van der Waals surface area contributed by atoms with Crippen molar-refractivity contribution in [2.45, 2.75) is 20.8 Å². The van der Waals surface area contributed by atoms with Crippen molar-refractivity contribution in [3.05, 3.63) is 24.1 Å². The molecule has 2 aromatic rings. The maximum absolute atomic E-state index is 13.1. The van der Waals surface area contributed by atoms with E-state index in [-0.39, 0.29) is 11.2 Å². The lowest BCUT2D eigenvalue weighted by Gasteiger charge is -2.30. The van der Waals surface area contributed by atoms with Crippen molar-refractivity contribution >= 4 is 11.6 Å². The minimum absolute atomic E-state index is 0.0151. The summed E-state index contributed by atoms with van der Waals surface area (Å²) in [6, 6.07) is 3.00. The average Bonchev–Trinajstić information content (AvgIpc) is 2.78. The third-order valence-corrected chi connectivity index (χ3v) is 3.12. The van der Waals surface area contributed by atoms with Gasteiger partial charge in [0.2, 0.25) is 5.95 Å². The third-order valence-electron chi connectivity index (χ3n) is 3.12. The molecule has 2 N–H and O–H groups in total. The number of hydrogen-bond acceptors (Lipinski definition) is 4. The van der Waals surface area contributed by atoms with E-state index < -0.39 is 0 Å². The van der Waals surface area contributed by atoms with Gasteiger partial charge >= 0.3 is 0 Å². The number of hydrogen-bond donors (Lipinski definition) is 1. The lowest BCUT2D eigenvalue weighted by atomic mass is 9.93. The van der Waals surface area contributed by atoms with Crippen molar-refractivity contribution in [2.75, 3.05) is 24.5 Å². The van der Waals surface area contributed by atoms with E-state index in [0.29, 0.717) is 18.1 Å². The maximum Gasteiger partial charge on any atom is 0.245 e. The van der Waals surface area contributed by atoms with Crippen molar-refractivity contribution in [3.63, 3.8) is 0 Å². The van der Waals surface area contributed by atoms with E-state index in [2.05, 4.69) is 28.8 Å². The van der Waals surface area contributed by atoms with Crippen LogP contribution in [-0.4, -0.2) is 34.2 Å². The van der Waals surface area contributed by atoms with Crippen LogP contribution in [0.4, 0.5) is 10.3 Å². The zero-order valence-electron chi connectivity index (χ0n) is 11.6. The fourth-order valence-electron chi connectivity index (χ4n) is 1.89. The number of fused-ring (bicyclic) bond motifs is 1. The van der Waals surface area contributed by atoms with Crippen molar-refractivity contribution in [1.82, 2.24) is 14.6 Å². The van der Waals surface area contributed by atoms with E-state index in [9.17, 15) is 4.39 Å². The van der Waals surface area contributed by atoms with Gasteiger partial charge in [0.1, 0.15) is 5.82 Å². The van der Waals surface area contributed by atoms with Gasteiger partial charge in [0.05, 0.1) is 6.20 Å². The summed E-state index contributed by atoms with van der Waals surface area (Å²) >= 11 is 0. The number of pyridine rings is 1. The first-order valence-corrected chi connectivity index (χ1v) is 6.42. The van der Waals surface area contributed by atoms with E-state index in [0.717, 1.165) is 13.1 Å². The highest BCUT2D eigenvalue weighted by atomic mass is 19.1. The van der Waals surface area contributed by atoms with E-state index in [1.807, 2.05) is 6.92 Å². The van der Waals surface area contributed by atoms with Gasteiger partial charge < -0.3 is 10.6 Å². The quantitative estimate of drug-likeness (QED) is 0.893. The Morgan fingerprint density at radius 1 is 1.42 bits per heavy atom. The van der Waals surface area contributed by atoms with E-state index in [4.69, 9.17) is 5.73 Å². The smallest absolute Gasteiger partial charge is 0.245 e. The predicted molar refractivity (Wildman–Crippen MR) is 73.7 cm³/mol. The first-order valence-electron chi connectivity index (χ1n) is 6.42. The fourth-order valence-corrected chi connectivity index (χ4v) is 1.89. The van der Waals surface area contributed by atoms with Crippen molar-refractivity contribution in [2.24, 2.45) is 11.1 Å². The van der Waals surface area contributed by atoms with Crippen LogP contribution in [0, 0.1) is 11.2 Å². The first kappa shape index (κ1) is 13.7. The Balaban J connectivity index is 2.30. The lowest BCUT2D eigenvalue weighted by molar-refractivity contribution is 0.377. The third kappa shape index (κ3) is 3.01. The first-order chi connectivity index (χ1) is 8.95. The minimum Gasteiger partial charge on any atom is -0.339 e. The monoisotopic (exact) mass is 265 g/mol. The molecule has 0 radical (unpaired) electrons. The van der Waals surface area contributed by atoms with Gasteiger partial charge in [-0.1, -0.05) is 13.8 Å². The molecule has 0 aliphatic heterocycles. The highest BCUT2D eigenvalue weighted by Gasteiger charge is 2.22. The Kier molecular flexibility index (Phi) is 3.71. The molecule has 0 amide bonds. The standard InChI is InChI=1S/C13H20FN5/c1-4-18(9-13(2,3)8-15)12-16-11-6-5-10(14)7-19(11)17-12/h5-7H,4,8-9,15H2,1-3H3. The molecule has 0 saturated carbocycles. The van der Waals surface area contributed by atoms with Gasteiger partial charge in [0.15, 0.2) is 5.65 Å². The summed E-state index contributed by atoms with van der Waals surface area (Å²) in [6.07, 6.45) is 1.33. The number of halogens is 1. The summed E-state index contributed by atoms with van der Waals surface area (Å²) < 4.78 is 14.6. The number of rotatable bonds is 5. The second kappa shape index (κ2) is 5.13. The number of aromatic nitrogens is 3. The molecule has 0 saturated heterocycles. The molecule has 2 heterocycles. The van der Waals surface area contributed by atoms with Gasteiger partial charge in [0, 0.05) is 13.1 Å². The SMILES string of the molecule is CCN(CC(C)(C)CN)c1nc2ccc(F)cn2n1. The van der Waals surface area contributed by atoms with Gasteiger partial charge in [-0.15, -0.1) is 5.10 Å². The van der Waals surface area contributed by atoms with Crippen LogP contribution in [0.5, 0.6) is 0 Å². The summed E-state index contributed by atoms with van der Waals surface area (Å²) in [5.74, 6) is 0.281. The highest BCUT2D eigenvalue weighted by Crippen LogP contribution is 2.19. The van der Waals surface area contributed by atoms with Gasteiger partial charge in [-0.2, -0.15) is 4.98 Å². The normalized spacial score (nSPS) is 12.1. The Labute approximate surface area is 112 Å². The number of nitrogens with two attached hydrogens (primary N) is 1. The largest absolute Gasteiger partial charge is 0.339 e. The fraction of sp³-hybridized carbons (Fsp3) is 0.538. The Morgan fingerprint density at radius 3 is 2.79 bits per heavy atom. The van der Waals surface area contributed by atoms with Gasteiger partial charge in [-0.3, -0.25) is 0 Å². The molecule has 0 aromatic carbocycles. The zero-order valence-corrected chi connectivity index (χ0v) is 11.6. The molecule has 2 rings (SSSR count). The van der Waals surface area contributed by atoms with Crippen molar-refractivity contribution in [3.8, 4) is 0 Å². The molecule has 5 nitrogen and oxygen atoms in total. The highest BCUT2D eigenvalue weighted by molar-refractivity contribution is 5.44. The summed E-state index contributed by atoms with van der Waals surface area (Å²) in [7, 11) is 0. The number of anilines is 1. The molecular weight excluding hydrogens is 245 g/mol. The van der Waals surface area contributed by atoms with E-state index >= 15 is 0 Å². The van der Waals surface area contributed by atoms with Crippen LogP contribution in [0.25, 0.3) is 5.65 Å². The Hall–Kier alpha value is -1.69. The second-order valence-corrected chi connectivity index (χ2v) is 5.44. The topological polar surface area (TPSA) is 59.5 Å². The maximum atomic E-state index is 13.1. The lowest BCUT2D eigenvalue weighted by Crippen LogP contribution is -2.39. The average molecular weight is 265 g/mol. The van der Waals surface area contributed by atoms with Crippen molar-refractivity contribution in [1.29, 1.82) is 0 Å². The number of nitrogens with zero attached hydrogens (tertiary/aromatic N) is 4. The Morgan fingerprint density at radius 2 is 2.16 bits per heavy atom. The summed E-state index contributed by atoms with van der Waals surface area (Å²) in [5.41, 5.74) is 6.38. The molecule has 2 aromatic heterocycles. The molecular formula is C13H20FN5. The molecule has 0 atom stereocenters. The molecule has 0 aliphatic carbocycles. The van der Waals surface area contributed by atoms with Crippen LogP contribution in [0.2, 0.25) is 0 Å². The van der Waals surface area contributed by atoms with Crippen molar-refractivity contribution < 1.29 is 4.39 Å². The molecule has 0 unspecified atom stereocenters. The summed E-state index contributed by atoms with van der Waals surface area (Å²) in [4.78, 5) is 6.47. The van der Waals surface area contributed by atoms with Gasteiger partial charge in [0.25, 0.3) is 0 Å². The molecule has 0 aliphatic rings.